The molecule has 5 rings (SSSR count). The van der Waals surface area contributed by atoms with Crippen LogP contribution in [0.25, 0.3) is 11.0 Å². The van der Waals surface area contributed by atoms with Gasteiger partial charge in [-0.1, -0.05) is 35.0 Å². The summed E-state index contributed by atoms with van der Waals surface area (Å²) >= 11 is 6.34. The minimum atomic E-state index is -0.315. The monoisotopic (exact) mass is 557 g/mol. The second-order valence-corrected chi connectivity index (χ2v) is 10.0. The van der Waals surface area contributed by atoms with Gasteiger partial charge < -0.3 is 14.4 Å². The molecule has 3 aromatic carbocycles. The van der Waals surface area contributed by atoms with Crippen LogP contribution in [0.15, 0.2) is 48.5 Å². The van der Waals surface area contributed by atoms with Crippen LogP contribution in [0.5, 0.6) is 5.75 Å². The predicted molar refractivity (Wildman–Crippen MR) is 149 cm³/mol. The first kappa shape index (κ1) is 27.2. The number of aromatic nitrogens is 3. The number of benzene rings is 3. The Kier molecular flexibility index (Phi) is 7.71. The van der Waals surface area contributed by atoms with E-state index in [1.807, 2.05) is 36.4 Å². The van der Waals surface area contributed by atoms with Gasteiger partial charge in [0.2, 0.25) is 0 Å². The number of hydrogen-bond acceptors (Lipinski definition) is 7. The van der Waals surface area contributed by atoms with Gasteiger partial charge in [-0.15, -0.1) is 5.10 Å². The van der Waals surface area contributed by atoms with Crippen LogP contribution in [0.4, 0.5) is 0 Å². The highest BCUT2D eigenvalue weighted by molar-refractivity contribution is 6.34. The Morgan fingerprint density at radius 3 is 2.75 bits per heavy atom. The van der Waals surface area contributed by atoms with E-state index in [0.717, 1.165) is 27.8 Å². The Morgan fingerprint density at radius 1 is 1.20 bits per heavy atom. The molecule has 4 aromatic rings. The van der Waals surface area contributed by atoms with Crippen LogP contribution in [0, 0.1) is 11.3 Å². The van der Waals surface area contributed by atoms with Gasteiger partial charge in [0.15, 0.2) is 0 Å². The smallest absolute Gasteiger partial charge is 0.306 e. The van der Waals surface area contributed by atoms with E-state index in [1.54, 1.807) is 42.8 Å². The topological polar surface area (TPSA) is 110 Å². The van der Waals surface area contributed by atoms with Gasteiger partial charge in [0.25, 0.3) is 5.91 Å². The lowest BCUT2D eigenvalue weighted by Crippen LogP contribution is -2.36. The molecule has 0 bridgehead atoms. The molecule has 0 saturated heterocycles. The average molecular weight is 558 g/mol. The molecule has 40 heavy (non-hydrogen) atoms. The third-order valence-corrected chi connectivity index (χ3v) is 7.59. The molecule has 1 aliphatic heterocycles. The highest BCUT2D eigenvalue weighted by Crippen LogP contribution is 2.38. The van der Waals surface area contributed by atoms with Crippen LogP contribution >= 0.6 is 11.6 Å². The maximum atomic E-state index is 13.4. The van der Waals surface area contributed by atoms with Crippen molar-refractivity contribution in [2.24, 2.45) is 7.05 Å². The molecule has 2 heterocycles. The molecular formula is C30H28ClN5O4. The highest BCUT2D eigenvalue weighted by Gasteiger charge is 2.29. The van der Waals surface area contributed by atoms with Gasteiger partial charge in [0.1, 0.15) is 16.8 Å². The zero-order valence-electron chi connectivity index (χ0n) is 22.5. The Morgan fingerprint density at radius 2 is 2.02 bits per heavy atom. The molecule has 0 N–H and O–H groups in total. The molecule has 0 fully saturated rings. The fraction of sp³-hybridized carbons (Fsp3) is 0.300. The number of hydrogen-bond donors (Lipinski definition) is 0. The number of nitriles is 1. The van der Waals surface area contributed by atoms with E-state index in [2.05, 4.69) is 10.3 Å². The summed E-state index contributed by atoms with van der Waals surface area (Å²) in [6.07, 6.45) is 0.748. The number of rotatable bonds is 7. The fourth-order valence-corrected chi connectivity index (χ4v) is 5.65. The van der Waals surface area contributed by atoms with Gasteiger partial charge >= 0.3 is 5.97 Å². The van der Waals surface area contributed by atoms with Crippen molar-refractivity contribution >= 4 is 34.5 Å². The summed E-state index contributed by atoms with van der Waals surface area (Å²) in [4.78, 5) is 27.9. The highest BCUT2D eigenvalue weighted by atomic mass is 35.5. The zero-order valence-corrected chi connectivity index (χ0v) is 23.2. The molecule has 0 aliphatic carbocycles. The summed E-state index contributed by atoms with van der Waals surface area (Å²) in [6.45, 7) is 2.96. The maximum Gasteiger partial charge on any atom is 0.306 e. The van der Waals surface area contributed by atoms with E-state index >= 15 is 0 Å². The lowest BCUT2D eigenvalue weighted by atomic mass is 9.82. The molecule has 0 saturated carbocycles. The predicted octanol–water partition coefficient (Wildman–Crippen LogP) is 4.79. The molecule has 10 heteroatoms. The molecule has 1 aromatic heterocycles. The normalized spacial score (nSPS) is 13.4. The van der Waals surface area contributed by atoms with Gasteiger partial charge in [0.05, 0.1) is 42.4 Å². The second-order valence-electron chi connectivity index (χ2n) is 9.63. The van der Waals surface area contributed by atoms with E-state index in [9.17, 15) is 9.59 Å². The van der Waals surface area contributed by atoms with E-state index < -0.39 is 0 Å². The third-order valence-electron chi connectivity index (χ3n) is 7.28. The van der Waals surface area contributed by atoms with Gasteiger partial charge in [0, 0.05) is 26.1 Å². The zero-order chi connectivity index (χ0) is 28.4. The Hall–Kier alpha value is -4.42. The maximum absolute atomic E-state index is 13.4. The molecule has 1 amide bonds. The Bertz CT molecular complexity index is 1660. The van der Waals surface area contributed by atoms with E-state index in [1.165, 1.54) is 6.07 Å². The second kappa shape index (κ2) is 11.4. The first-order chi connectivity index (χ1) is 19.3. The fourth-order valence-electron chi connectivity index (χ4n) is 5.39. The van der Waals surface area contributed by atoms with Crippen molar-refractivity contribution in [3.63, 3.8) is 0 Å². The number of methoxy groups -OCH3 is 1. The lowest BCUT2D eigenvalue weighted by molar-refractivity contribution is -0.143. The van der Waals surface area contributed by atoms with Crippen molar-refractivity contribution in [2.75, 3.05) is 20.3 Å². The first-order valence-corrected chi connectivity index (χ1v) is 13.3. The van der Waals surface area contributed by atoms with Gasteiger partial charge in [-0.25, -0.2) is 4.68 Å². The van der Waals surface area contributed by atoms with E-state index in [4.69, 9.17) is 26.3 Å². The molecule has 204 valence electrons. The number of nitrogens with zero attached hydrogens (tertiary/aromatic N) is 5. The Balaban J connectivity index is 1.52. The number of halogens is 1. The Labute approximate surface area is 236 Å². The van der Waals surface area contributed by atoms with Gasteiger partial charge in [-0.05, 0) is 65.9 Å². The summed E-state index contributed by atoms with van der Waals surface area (Å²) < 4.78 is 12.7. The quantitative estimate of drug-likeness (QED) is 0.300. The summed E-state index contributed by atoms with van der Waals surface area (Å²) in [5.74, 6) is -0.183. The number of amides is 1. The van der Waals surface area contributed by atoms with Crippen molar-refractivity contribution in [1.29, 1.82) is 5.26 Å². The van der Waals surface area contributed by atoms with Crippen molar-refractivity contribution in [1.82, 2.24) is 19.9 Å². The van der Waals surface area contributed by atoms with Crippen molar-refractivity contribution in [3.8, 4) is 11.8 Å². The van der Waals surface area contributed by atoms with Gasteiger partial charge in [-0.3, -0.25) is 9.59 Å². The molecule has 1 aliphatic rings. The molecule has 0 unspecified atom stereocenters. The van der Waals surface area contributed by atoms with Crippen molar-refractivity contribution in [2.45, 2.75) is 32.2 Å². The summed E-state index contributed by atoms with van der Waals surface area (Å²) in [7, 11) is 3.40. The number of ether oxygens (including phenoxy) is 2. The third kappa shape index (κ3) is 5.10. The molecule has 9 nitrogen and oxygen atoms in total. The standard InChI is InChI=1S/C30H28ClN5O4/c1-4-40-28(37)15-24(20-13-26-29(27(14-20)39-3)35(2)34-33-26)22-7-5-6-19-17-36(11-10-21(19)22)30(38)23-9-8-18(16-32)12-25(23)31/h5-9,12-14,24H,4,10-11,15,17H2,1-3H3/t24-/m1/s1. The van der Waals surface area contributed by atoms with E-state index in [0.29, 0.717) is 48.5 Å². The van der Waals surface area contributed by atoms with Crippen LogP contribution in [0.2, 0.25) is 5.02 Å². The number of esters is 1. The minimum absolute atomic E-state index is 0.142. The molecular weight excluding hydrogens is 530 g/mol. The van der Waals surface area contributed by atoms with Crippen LogP contribution in [-0.4, -0.2) is 52.0 Å². The molecule has 0 spiro atoms. The minimum Gasteiger partial charge on any atom is -0.494 e. The number of carbonyl (C=O) groups is 2. The lowest BCUT2D eigenvalue weighted by Gasteiger charge is -2.32. The van der Waals surface area contributed by atoms with Gasteiger partial charge in [-0.2, -0.15) is 5.26 Å². The van der Waals surface area contributed by atoms with Crippen molar-refractivity contribution in [3.05, 3.63) is 86.9 Å². The summed E-state index contributed by atoms with van der Waals surface area (Å²) in [5.41, 5.74) is 6.18. The molecule has 0 radical (unpaired) electrons. The van der Waals surface area contributed by atoms with Crippen LogP contribution in [0.1, 0.15) is 57.4 Å². The SMILES string of the molecule is CCOC(=O)C[C@H](c1cc(OC)c2c(c1)nnn2C)c1cccc2c1CCN(C(=O)c1ccc(C#N)cc1Cl)C2. The average Bonchev–Trinajstić information content (AvgIpc) is 3.35. The number of fused-ring (bicyclic) bond motifs is 2. The molecule has 1 atom stereocenters. The summed E-state index contributed by atoms with van der Waals surface area (Å²) in [5, 5.41) is 17.8. The van der Waals surface area contributed by atoms with Crippen molar-refractivity contribution < 1.29 is 19.1 Å². The largest absolute Gasteiger partial charge is 0.494 e. The van der Waals surface area contributed by atoms with E-state index in [-0.39, 0.29) is 29.2 Å². The van der Waals surface area contributed by atoms with Crippen LogP contribution in [-0.2, 0) is 29.5 Å². The first-order valence-electron chi connectivity index (χ1n) is 13.0. The van der Waals surface area contributed by atoms with Crippen LogP contribution in [0.3, 0.4) is 0 Å². The number of carbonyl (C=O) groups excluding carboxylic acids is 2. The number of aryl methyl sites for hydroxylation is 1. The summed E-state index contributed by atoms with van der Waals surface area (Å²) in [6, 6.07) is 16.6. The van der Waals surface area contributed by atoms with Crippen LogP contribution < -0.4 is 4.74 Å².